The number of carbonyl (C=O) groups is 1. The highest BCUT2D eigenvalue weighted by Crippen LogP contribution is 2.16. The van der Waals surface area contributed by atoms with Crippen LogP contribution < -0.4 is 5.32 Å². The van der Waals surface area contributed by atoms with Crippen LogP contribution in [0, 0.1) is 13.8 Å². The Bertz CT molecular complexity index is 395. The van der Waals surface area contributed by atoms with Gasteiger partial charge in [0.05, 0.1) is 0 Å². The molecule has 0 spiro atoms. The van der Waals surface area contributed by atoms with Crippen LogP contribution in [-0.4, -0.2) is 16.7 Å². The minimum atomic E-state index is -0.498. The van der Waals surface area contributed by atoms with Crippen molar-refractivity contribution >= 4 is 11.9 Å². The number of aromatic nitrogens is 1. The third kappa shape index (κ3) is 5.66. The predicted molar refractivity (Wildman–Crippen MR) is 74.9 cm³/mol. The number of anilines is 1. The average Bonchev–Trinajstić information content (AvgIpc) is 2.25. The highest BCUT2D eigenvalue weighted by Gasteiger charge is 2.17. The van der Waals surface area contributed by atoms with Crippen LogP contribution in [0.2, 0.25) is 0 Å². The van der Waals surface area contributed by atoms with Gasteiger partial charge >= 0.3 is 6.09 Å². The molecular weight excluding hydrogens is 228 g/mol. The average molecular weight is 252 g/mol. The van der Waals surface area contributed by atoms with Gasteiger partial charge in [0, 0.05) is 6.20 Å². The van der Waals surface area contributed by atoms with Crippen LogP contribution in [0.15, 0.2) is 12.3 Å². The van der Waals surface area contributed by atoms with E-state index >= 15 is 0 Å². The lowest BCUT2D eigenvalue weighted by Gasteiger charge is -2.20. The largest absolute Gasteiger partial charge is 0.444 e. The van der Waals surface area contributed by atoms with Gasteiger partial charge in [-0.1, -0.05) is 13.8 Å². The summed E-state index contributed by atoms with van der Waals surface area (Å²) >= 11 is 0. The second kappa shape index (κ2) is 6.99. The molecule has 4 nitrogen and oxygen atoms in total. The van der Waals surface area contributed by atoms with Crippen LogP contribution in [-0.2, 0) is 4.74 Å². The van der Waals surface area contributed by atoms with Gasteiger partial charge < -0.3 is 4.74 Å². The van der Waals surface area contributed by atoms with Gasteiger partial charge in [-0.15, -0.1) is 0 Å². The molecule has 1 amide bonds. The maximum Gasteiger partial charge on any atom is 0.413 e. The van der Waals surface area contributed by atoms with Crippen molar-refractivity contribution in [1.82, 2.24) is 4.98 Å². The van der Waals surface area contributed by atoms with E-state index in [9.17, 15) is 4.79 Å². The number of amides is 1. The van der Waals surface area contributed by atoms with Gasteiger partial charge in [-0.2, -0.15) is 0 Å². The summed E-state index contributed by atoms with van der Waals surface area (Å²) in [5.74, 6) is 0.550. The van der Waals surface area contributed by atoms with Crippen LogP contribution in [0.25, 0.3) is 0 Å². The summed E-state index contributed by atoms with van der Waals surface area (Å²) < 4.78 is 5.15. The molecule has 1 aromatic rings. The lowest BCUT2D eigenvalue weighted by molar-refractivity contribution is 0.0635. The van der Waals surface area contributed by atoms with E-state index in [1.807, 2.05) is 54.5 Å². The van der Waals surface area contributed by atoms with Crippen molar-refractivity contribution in [1.29, 1.82) is 0 Å². The van der Waals surface area contributed by atoms with Gasteiger partial charge in [-0.25, -0.2) is 9.78 Å². The first kappa shape index (κ1) is 16.4. The molecule has 1 N–H and O–H groups in total. The molecule has 0 unspecified atom stereocenters. The topological polar surface area (TPSA) is 51.2 Å². The van der Waals surface area contributed by atoms with E-state index in [1.54, 1.807) is 6.20 Å². The SMILES string of the molecule is CC.Cc1ccnc(NC(=O)OC(C)(C)C)c1C. The lowest BCUT2D eigenvalue weighted by atomic mass is 10.2. The van der Waals surface area contributed by atoms with Gasteiger partial charge in [0.15, 0.2) is 0 Å². The summed E-state index contributed by atoms with van der Waals surface area (Å²) in [6.45, 7) is 13.3. The highest BCUT2D eigenvalue weighted by atomic mass is 16.6. The minimum Gasteiger partial charge on any atom is -0.444 e. The molecule has 1 aromatic heterocycles. The molecule has 18 heavy (non-hydrogen) atoms. The highest BCUT2D eigenvalue weighted by molar-refractivity contribution is 5.84. The van der Waals surface area contributed by atoms with Crippen LogP contribution in [0.1, 0.15) is 45.7 Å². The fraction of sp³-hybridized carbons (Fsp3) is 0.571. The maximum absolute atomic E-state index is 11.5. The zero-order chi connectivity index (χ0) is 14.3. The summed E-state index contributed by atoms with van der Waals surface area (Å²) in [7, 11) is 0. The lowest BCUT2D eigenvalue weighted by Crippen LogP contribution is -2.27. The Labute approximate surface area is 110 Å². The number of rotatable bonds is 1. The summed E-state index contributed by atoms with van der Waals surface area (Å²) in [4.78, 5) is 15.6. The summed E-state index contributed by atoms with van der Waals surface area (Å²) in [6, 6.07) is 1.90. The van der Waals surface area contributed by atoms with Crippen molar-refractivity contribution in [3.8, 4) is 0 Å². The maximum atomic E-state index is 11.5. The van der Waals surface area contributed by atoms with Crippen LogP contribution in [0.4, 0.5) is 10.6 Å². The van der Waals surface area contributed by atoms with Gasteiger partial charge in [0.25, 0.3) is 0 Å². The number of aryl methyl sites for hydroxylation is 1. The number of pyridine rings is 1. The van der Waals surface area contributed by atoms with Crippen molar-refractivity contribution in [2.75, 3.05) is 5.32 Å². The van der Waals surface area contributed by atoms with Gasteiger partial charge in [-0.05, 0) is 51.8 Å². The minimum absolute atomic E-state index is 0.478. The quantitative estimate of drug-likeness (QED) is 0.819. The van der Waals surface area contributed by atoms with Gasteiger partial charge in [0.1, 0.15) is 11.4 Å². The first-order valence-corrected chi connectivity index (χ1v) is 6.22. The Balaban J connectivity index is 0.00000137. The number of nitrogens with one attached hydrogen (secondary N) is 1. The normalized spacial score (nSPS) is 10.2. The molecule has 0 aliphatic rings. The standard InChI is InChI=1S/C12H18N2O2.C2H6/c1-8-6-7-13-10(9(8)2)14-11(15)16-12(3,4)5;1-2/h6-7H,1-5H3,(H,13,14,15);1-2H3. The monoisotopic (exact) mass is 252 g/mol. The Morgan fingerprint density at radius 2 is 1.83 bits per heavy atom. The van der Waals surface area contributed by atoms with Crippen molar-refractivity contribution in [3.05, 3.63) is 23.4 Å². The molecule has 1 rings (SSSR count). The Morgan fingerprint density at radius 1 is 1.28 bits per heavy atom. The first-order valence-electron chi connectivity index (χ1n) is 6.22. The second-order valence-electron chi connectivity index (χ2n) is 4.73. The fourth-order valence-corrected chi connectivity index (χ4v) is 1.16. The third-order valence-electron chi connectivity index (χ3n) is 2.09. The molecule has 0 saturated carbocycles. The number of carbonyl (C=O) groups excluding carboxylic acids is 1. The first-order chi connectivity index (χ1) is 8.29. The zero-order valence-electron chi connectivity index (χ0n) is 12.4. The van der Waals surface area contributed by atoms with E-state index in [0.717, 1.165) is 11.1 Å². The number of hydrogen-bond donors (Lipinski definition) is 1. The Kier molecular flexibility index (Phi) is 6.37. The number of hydrogen-bond acceptors (Lipinski definition) is 3. The molecule has 102 valence electrons. The van der Waals surface area contributed by atoms with Gasteiger partial charge in [-0.3, -0.25) is 5.32 Å². The molecule has 0 aliphatic carbocycles. The van der Waals surface area contributed by atoms with Crippen LogP contribution >= 0.6 is 0 Å². The van der Waals surface area contributed by atoms with Crippen molar-refractivity contribution in [2.45, 2.75) is 54.1 Å². The third-order valence-corrected chi connectivity index (χ3v) is 2.09. The van der Waals surface area contributed by atoms with Crippen molar-refractivity contribution < 1.29 is 9.53 Å². The molecule has 0 aliphatic heterocycles. The summed E-state index contributed by atoms with van der Waals surface area (Å²) in [5, 5.41) is 2.64. The fourth-order valence-electron chi connectivity index (χ4n) is 1.16. The van der Waals surface area contributed by atoms with Gasteiger partial charge in [0.2, 0.25) is 0 Å². The number of ether oxygens (including phenoxy) is 1. The van der Waals surface area contributed by atoms with E-state index in [0.29, 0.717) is 5.82 Å². The Hall–Kier alpha value is -1.58. The molecule has 0 fully saturated rings. The Morgan fingerprint density at radius 3 is 2.33 bits per heavy atom. The van der Waals surface area contributed by atoms with E-state index in [1.165, 1.54) is 0 Å². The van der Waals surface area contributed by atoms with Crippen molar-refractivity contribution in [2.24, 2.45) is 0 Å². The molecular formula is C14H24N2O2. The smallest absolute Gasteiger partial charge is 0.413 e. The molecule has 4 heteroatoms. The van der Waals surface area contributed by atoms with Crippen LogP contribution in [0.3, 0.4) is 0 Å². The molecule has 1 heterocycles. The molecule has 0 saturated heterocycles. The van der Waals surface area contributed by atoms with E-state index < -0.39 is 11.7 Å². The molecule has 0 aromatic carbocycles. The molecule has 0 bridgehead atoms. The predicted octanol–water partition coefficient (Wildman–Crippen LogP) is 4.07. The van der Waals surface area contributed by atoms with Crippen LogP contribution in [0.5, 0.6) is 0 Å². The summed E-state index contributed by atoms with van der Waals surface area (Å²) in [5.41, 5.74) is 1.54. The zero-order valence-corrected chi connectivity index (χ0v) is 12.4. The number of nitrogens with zero attached hydrogens (tertiary/aromatic N) is 1. The molecule has 0 radical (unpaired) electrons. The van der Waals surface area contributed by atoms with E-state index in [-0.39, 0.29) is 0 Å². The van der Waals surface area contributed by atoms with Crippen molar-refractivity contribution in [3.63, 3.8) is 0 Å². The summed E-state index contributed by atoms with van der Waals surface area (Å²) in [6.07, 6.45) is 1.18. The second-order valence-corrected chi connectivity index (χ2v) is 4.73. The van der Waals surface area contributed by atoms with E-state index in [4.69, 9.17) is 4.74 Å². The molecule has 0 atom stereocenters. The van der Waals surface area contributed by atoms with E-state index in [2.05, 4.69) is 10.3 Å².